The Morgan fingerprint density at radius 2 is 1.67 bits per heavy atom. The number of aromatic nitrogens is 2. The van der Waals surface area contributed by atoms with Crippen molar-refractivity contribution in [2.24, 2.45) is 0 Å². The zero-order valence-electron chi connectivity index (χ0n) is 15.9. The van der Waals surface area contributed by atoms with Crippen LogP contribution in [0.4, 0.5) is 5.95 Å². The summed E-state index contributed by atoms with van der Waals surface area (Å²) in [5.74, 6) is 0.821. The van der Waals surface area contributed by atoms with E-state index in [0.29, 0.717) is 5.56 Å². The van der Waals surface area contributed by atoms with Gasteiger partial charge in [-0.25, -0.2) is 9.97 Å². The van der Waals surface area contributed by atoms with Gasteiger partial charge in [-0.3, -0.25) is 9.69 Å². The monoisotopic (exact) mass is 416 g/mol. The third-order valence-corrected chi connectivity index (χ3v) is 6.10. The maximum absolute atomic E-state index is 13.0. The second kappa shape index (κ2) is 9.37. The average molecular weight is 417 g/mol. The van der Waals surface area contributed by atoms with Crippen LogP contribution in [0, 0.1) is 0 Å². The topological polar surface area (TPSA) is 64.6 Å². The molecule has 7 nitrogen and oxygen atoms in total. The fourth-order valence-electron chi connectivity index (χ4n) is 4.36. The average Bonchev–Trinajstić information content (AvgIpc) is 3.19. The van der Waals surface area contributed by atoms with Crippen molar-refractivity contribution in [3.8, 4) is 0 Å². The Bertz CT molecular complexity index is 617. The molecule has 0 aliphatic carbocycles. The number of nitrogens with zero attached hydrogens (tertiary/aromatic N) is 5. The summed E-state index contributed by atoms with van der Waals surface area (Å²) < 4.78 is 0. The van der Waals surface area contributed by atoms with E-state index in [9.17, 15) is 4.79 Å². The van der Waals surface area contributed by atoms with Gasteiger partial charge >= 0.3 is 0 Å². The molecule has 3 saturated heterocycles. The first-order chi connectivity index (χ1) is 12.2. The molecule has 152 valence electrons. The van der Waals surface area contributed by atoms with Gasteiger partial charge in [-0.15, -0.1) is 24.8 Å². The number of piperazine rings is 1. The smallest absolute Gasteiger partial charge is 0.257 e. The maximum Gasteiger partial charge on any atom is 0.257 e. The Kier molecular flexibility index (Phi) is 7.68. The van der Waals surface area contributed by atoms with Crippen LogP contribution < -0.4 is 10.2 Å². The molecule has 9 heteroatoms. The van der Waals surface area contributed by atoms with Gasteiger partial charge in [0.1, 0.15) is 0 Å². The molecule has 0 saturated carbocycles. The molecule has 0 bridgehead atoms. The van der Waals surface area contributed by atoms with Gasteiger partial charge in [0.15, 0.2) is 0 Å². The molecular weight excluding hydrogens is 387 g/mol. The number of rotatable bonds is 2. The van der Waals surface area contributed by atoms with Gasteiger partial charge in [-0.05, 0) is 45.8 Å². The lowest BCUT2D eigenvalue weighted by atomic mass is 9.84. The summed E-state index contributed by atoms with van der Waals surface area (Å²) in [6.45, 7) is 6.60. The molecule has 0 aromatic carbocycles. The van der Waals surface area contributed by atoms with Gasteiger partial charge in [0, 0.05) is 50.7 Å². The summed E-state index contributed by atoms with van der Waals surface area (Å²) in [5.41, 5.74) is 0.728. The van der Waals surface area contributed by atoms with Crippen LogP contribution in [0.3, 0.4) is 0 Å². The minimum absolute atomic E-state index is 0. The predicted octanol–water partition coefficient (Wildman–Crippen LogP) is 1.43. The standard InChI is InChI=1S/C18H28N6O.2ClH/c1-22-10-11-24(14-18(22)4-6-19-7-5-18)16(25)15-12-20-17(21-13-15)23-8-2-3-9-23;;/h12-13,19H,2-11,14H2,1H3;2*1H. The van der Waals surface area contributed by atoms with E-state index in [-0.39, 0.29) is 36.3 Å². The zero-order valence-corrected chi connectivity index (χ0v) is 17.5. The molecule has 1 spiro atoms. The van der Waals surface area contributed by atoms with Crippen molar-refractivity contribution >= 4 is 36.7 Å². The lowest BCUT2D eigenvalue weighted by Crippen LogP contribution is -2.64. The first kappa shape index (κ1) is 22.1. The van der Waals surface area contributed by atoms with Gasteiger partial charge in [-0.1, -0.05) is 0 Å². The molecule has 0 unspecified atom stereocenters. The Hall–Kier alpha value is -1.15. The highest BCUT2D eigenvalue weighted by molar-refractivity contribution is 5.93. The number of carbonyl (C=O) groups excluding carboxylic acids is 1. The molecule has 27 heavy (non-hydrogen) atoms. The van der Waals surface area contributed by atoms with Gasteiger partial charge in [-0.2, -0.15) is 0 Å². The molecule has 0 atom stereocenters. The Balaban J connectivity index is 0.00000131. The number of likely N-dealkylation sites (N-methyl/N-ethyl adjacent to an activating group) is 1. The van der Waals surface area contributed by atoms with Crippen molar-refractivity contribution in [3.05, 3.63) is 18.0 Å². The summed E-state index contributed by atoms with van der Waals surface area (Å²) >= 11 is 0. The largest absolute Gasteiger partial charge is 0.341 e. The predicted molar refractivity (Wildman–Crippen MR) is 111 cm³/mol. The SMILES string of the molecule is CN1CCN(C(=O)c2cnc(N3CCCC3)nc2)CC12CCNCC2.Cl.Cl. The van der Waals surface area contributed by atoms with E-state index in [1.807, 2.05) is 4.90 Å². The van der Waals surface area contributed by atoms with E-state index < -0.39 is 0 Å². The zero-order chi connectivity index (χ0) is 17.3. The van der Waals surface area contributed by atoms with E-state index in [2.05, 4.69) is 32.1 Å². The quantitative estimate of drug-likeness (QED) is 0.786. The van der Waals surface area contributed by atoms with Crippen LogP contribution in [0.5, 0.6) is 0 Å². The number of halogens is 2. The fourth-order valence-corrected chi connectivity index (χ4v) is 4.36. The summed E-state index contributed by atoms with van der Waals surface area (Å²) in [6.07, 6.45) is 7.99. The molecule has 3 aliphatic heterocycles. The number of hydrogen-bond donors (Lipinski definition) is 1. The lowest BCUT2D eigenvalue weighted by molar-refractivity contribution is -0.00101. The van der Waals surface area contributed by atoms with Crippen molar-refractivity contribution < 1.29 is 4.79 Å². The molecule has 1 aromatic heterocycles. The maximum atomic E-state index is 13.0. The van der Waals surface area contributed by atoms with Gasteiger partial charge in [0.2, 0.25) is 5.95 Å². The van der Waals surface area contributed by atoms with Crippen molar-refractivity contribution in [1.29, 1.82) is 0 Å². The van der Waals surface area contributed by atoms with Crippen molar-refractivity contribution in [2.45, 2.75) is 31.2 Å². The number of amides is 1. The Labute approximate surface area is 173 Å². The van der Waals surface area contributed by atoms with Crippen LogP contribution in [0.25, 0.3) is 0 Å². The highest BCUT2D eigenvalue weighted by Gasteiger charge is 2.41. The molecular formula is C18H30Cl2N6O. The Morgan fingerprint density at radius 1 is 1.04 bits per heavy atom. The first-order valence-electron chi connectivity index (χ1n) is 9.46. The van der Waals surface area contributed by atoms with Crippen LogP contribution in [0.15, 0.2) is 12.4 Å². The second-order valence-electron chi connectivity index (χ2n) is 7.59. The summed E-state index contributed by atoms with van der Waals surface area (Å²) in [7, 11) is 2.20. The molecule has 4 rings (SSSR count). The fraction of sp³-hybridized carbons (Fsp3) is 0.722. The lowest BCUT2D eigenvalue weighted by Gasteiger charge is -2.51. The third-order valence-electron chi connectivity index (χ3n) is 6.10. The Morgan fingerprint density at radius 3 is 2.30 bits per heavy atom. The van der Waals surface area contributed by atoms with Crippen LogP contribution in [-0.2, 0) is 0 Å². The van der Waals surface area contributed by atoms with E-state index in [4.69, 9.17) is 0 Å². The minimum atomic E-state index is 0. The van der Waals surface area contributed by atoms with Crippen LogP contribution in [0.1, 0.15) is 36.0 Å². The highest BCUT2D eigenvalue weighted by Crippen LogP contribution is 2.29. The molecule has 3 fully saturated rings. The van der Waals surface area contributed by atoms with E-state index in [1.54, 1.807) is 12.4 Å². The van der Waals surface area contributed by atoms with Crippen molar-refractivity contribution in [3.63, 3.8) is 0 Å². The summed E-state index contributed by atoms with van der Waals surface area (Å²) in [5, 5.41) is 3.43. The second-order valence-corrected chi connectivity index (χ2v) is 7.59. The van der Waals surface area contributed by atoms with E-state index in [0.717, 1.165) is 64.6 Å². The molecule has 1 aromatic rings. The summed E-state index contributed by atoms with van der Waals surface area (Å²) in [6, 6.07) is 0. The van der Waals surface area contributed by atoms with Crippen LogP contribution >= 0.6 is 24.8 Å². The highest BCUT2D eigenvalue weighted by atomic mass is 35.5. The van der Waals surface area contributed by atoms with Crippen LogP contribution in [-0.4, -0.2) is 84.1 Å². The van der Waals surface area contributed by atoms with E-state index in [1.165, 1.54) is 12.8 Å². The number of nitrogens with one attached hydrogen (secondary N) is 1. The third kappa shape index (κ3) is 4.47. The van der Waals surface area contributed by atoms with Crippen LogP contribution in [0.2, 0.25) is 0 Å². The van der Waals surface area contributed by atoms with Crippen molar-refractivity contribution in [2.75, 3.05) is 57.8 Å². The minimum Gasteiger partial charge on any atom is -0.341 e. The molecule has 4 heterocycles. The molecule has 3 aliphatic rings. The number of piperidine rings is 1. The molecule has 1 amide bonds. The normalized spacial score (nSPS) is 22.3. The molecule has 1 N–H and O–H groups in total. The van der Waals surface area contributed by atoms with Gasteiger partial charge in [0.05, 0.1) is 5.56 Å². The number of hydrogen-bond acceptors (Lipinski definition) is 6. The number of carbonyl (C=O) groups is 1. The van der Waals surface area contributed by atoms with Gasteiger partial charge in [0.25, 0.3) is 5.91 Å². The summed E-state index contributed by atoms with van der Waals surface area (Å²) in [4.78, 5) is 28.5. The first-order valence-corrected chi connectivity index (χ1v) is 9.46. The molecule has 0 radical (unpaired) electrons. The van der Waals surface area contributed by atoms with Gasteiger partial charge < -0.3 is 15.1 Å². The van der Waals surface area contributed by atoms with Crippen molar-refractivity contribution in [1.82, 2.24) is 25.1 Å². The number of anilines is 1. The van der Waals surface area contributed by atoms with E-state index >= 15 is 0 Å².